The summed E-state index contributed by atoms with van der Waals surface area (Å²) in [5.74, 6) is 0.830. The molecule has 0 aliphatic rings. The second-order valence-corrected chi connectivity index (χ2v) is 6.44. The first kappa shape index (κ1) is 22.0. The molecule has 0 amide bonds. The fraction of sp³-hybridized carbons (Fsp3) is 0.333. The molecule has 2 heterocycles. The quantitative estimate of drug-likeness (QED) is 0.301. The van der Waals surface area contributed by atoms with Crippen molar-refractivity contribution in [3.8, 4) is 5.69 Å². The first-order valence-electron chi connectivity index (χ1n) is 9.42. The number of halogens is 1. The number of guanidine groups is 1. The minimum atomic E-state index is 0. The summed E-state index contributed by atoms with van der Waals surface area (Å²) in [5.41, 5.74) is 4.39. The molecule has 2 N–H and O–H groups in total. The van der Waals surface area contributed by atoms with Crippen molar-refractivity contribution in [2.45, 2.75) is 33.9 Å². The fourth-order valence-corrected chi connectivity index (χ4v) is 3.05. The van der Waals surface area contributed by atoms with Crippen LogP contribution in [0.4, 0.5) is 0 Å². The van der Waals surface area contributed by atoms with Gasteiger partial charge in [0, 0.05) is 43.3 Å². The van der Waals surface area contributed by atoms with Gasteiger partial charge in [0.25, 0.3) is 0 Å². The molecule has 0 aliphatic carbocycles. The van der Waals surface area contributed by atoms with Crippen LogP contribution >= 0.6 is 24.0 Å². The highest BCUT2D eigenvalue weighted by atomic mass is 127. The van der Waals surface area contributed by atoms with Crippen molar-refractivity contribution >= 4 is 29.9 Å². The Bertz CT molecular complexity index is 868. The van der Waals surface area contributed by atoms with Crippen molar-refractivity contribution in [1.29, 1.82) is 0 Å². The number of nitrogens with zero attached hydrogens (tertiary/aromatic N) is 4. The van der Waals surface area contributed by atoms with Gasteiger partial charge in [-0.2, -0.15) is 5.10 Å². The molecule has 0 atom stereocenters. The average Bonchev–Trinajstić information content (AvgIpc) is 3.29. The molecular weight excluding hydrogens is 463 g/mol. The predicted molar refractivity (Wildman–Crippen MR) is 126 cm³/mol. The molecule has 0 fully saturated rings. The Balaban J connectivity index is 0.00000280. The van der Waals surface area contributed by atoms with Crippen LogP contribution in [0.1, 0.15) is 23.9 Å². The van der Waals surface area contributed by atoms with E-state index in [9.17, 15) is 0 Å². The van der Waals surface area contributed by atoms with Crippen LogP contribution < -0.4 is 10.6 Å². The number of benzene rings is 1. The molecule has 0 saturated heterocycles. The third-order valence-corrected chi connectivity index (χ3v) is 4.51. The van der Waals surface area contributed by atoms with Crippen LogP contribution in [0, 0.1) is 13.8 Å². The summed E-state index contributed by atoms with van der Waals surface area (Å²) >= 11 is 0. The number of nitrogens with one attached hydrogen (secondary N) is 2. The molecule has 0 spiro atoms. The summed E-state index contributed by atoms with van der Waals surface area (Å²) in [5, 5.41) is 11.4. The van der Waals surface area contributed by atoms with Gasteiger partial charge in [-0.3, -0.25) is 0 Å². The number of aryl methyl sites for hydroxylation is 1. The lowest BCUT2D eigenvalue weighted by Gasteiger charge is -2.12. The molecule has 0 radical (unpaired) electrons. The number of para-hydroxylation sites is 1. The average molecular weight is 492 g/mol. The van der Waals surface area contributed by atoms with E-state index in [1.165, 1.54) is 5.56 Å². The Morgan fingerprint density at radius 3 is 2.43 bits per heavy atom. The van der Waals surface area contributed by atoms with Gasteiger partial charge < -0.3 is 15.2 Å². The van der Waals surface area contributed by atoms with Gasteiger partial charge in [0.2, 0.25) is 0 Å². The van der Waals surface area contributed by atoms with Crippen molar-refractivity contribution in [3.63, 3.8) is 0 Å². The number of rotatable bonds is 7. The van der Waals surface area contributed by atoms with E-state index in [0.717, 1.165) is 42.7 Å². The SMILES string of the molecule is CCNC(=NCc1c(C)nn(-c2ccccc2)c1C)NCCn1cccc1.I. The number of aliphatic imine (C=N–C) groups is 1. The first-order chi connectivity index (χ1) is 13.2. The van der Waals surface area contributed by atoms with Crippen LogP contribution in [-0.4, -0.2) is 33.4 Å². The Morgan fingerprint density at radius 2 is 1.75 bits per heavy atom. The molecule has 7 heteroatoms. The van der Waals surface area contributed by atoms with E-state index in [1.54, 1.807) is 0 Å². The number of hydrogen-bond acceptors (Lipinski definition) is 2. The molecule has 0 bridgehead atoms. The zero-order valence-electron chi connectivity index (χ0n) is 16.7. The molecule has 28 heavy (non-hydrogen) atoms. The maximum Gasteiger partial charge on any atom is 0.191 e. The van der Waals surface area contributed by atoms with Crippen molar-refractivity contribution in [2.75, 3.05) is 13.1 Å². The van der Waals surface area contributed by atoms with Gasteiger partial charge in [-0.1, -0.05) is 18.2 Å². The van der Waals surface area contributed by atoms with Crippen LogP contribution in [0.3, 0.4) is 0 Å². The van der Waals surface area contributed by atoms with E-state index >= 15 is 0 Å². The van der Waals surface area contributed by atoms with Gasteiger partial charge in [0.15, 0.2) is 5.96 Å². The van der Waals surface area contributed by atoms with Crippen LogP contribution in [0.15, 0.2) is 59.9 Å². The molecule has 3 aromatic rings. The Labute approximate surface area is 184 Å². The van der Waals surface area contributed by atoms with Gasteiger partial charge in [0.1, 0.15) is 0 Å². The molecule has 3 rings (SSSR count). The van der Waals surface area contributed by atoms with E-state index < -0.39 is 0 Å². The zero-order chi connectivity index (χ0) is 19.1. The van der Waals surface area contributed by atoms with Crippen LogP contribution in [0.25, 0.3) is 5.69 Å². The summed E-state index contributed by atoms with van der Waals surface area (Å²) in [6.07, 6.45) is 4.13. The standard InChI is InChI=1S/C21H28N6.HI/c1-4-22-21(23-12-15-26-13-8-9-14-26)24-16-20-17(2)25-27(18(20)3)19-10-6-5-7-11-19;/h5-11,13-14H,4,12,15-16H2,1-3H3,(H2,22,23,24);1H. The molecule has 6 nitrogen and oxygen atoms in total. The Hall–Kier alpha value is -2.29. The minimum absolute atomic E-state index is 0. The fourth-order valence-electron chi connectivity index (χ4n) is 3.05. The van der Waals surface area contributed by atoms with Gasteiger partial charge in [-0.15, -0.1) is 24.0 Å². The summed E-state index contributed by atoms with van der Waals surface area (Å²) in [7, 11) is 0. The largest absolute Gasteiger partial charge is 0.357 e. The number of hydrogen-bond donors (Lipinski definition) is 2. The Morgan fingerprint density at radius 1 is 1.04 bits per heavy atom. The molecule has 0 unspecified atom stereocenters. The van der Waals surface area contributed by atoms with Crippen molar-refractivity contribution in [3.05, 3.63) is 71.8 Å². The summed E-state index contributed by atoms with van der Waals surface area (Å²) < 4.78 is 4.14. The van der Waals surface area contributed by atoms with Gasteiger partial charge in [-0.25, -0.2) is 9.67 Å². The normalized spacial score (nSPS) is 11.2. The lowest BCUT2D eigenvalue weighted by Crippen LogP contribution is -2.38. The topological polar surface area (TPSA) is 59.2 Å². The minimum Gasteiger partial charge on any atom is -0.357 e. The molecule has 2 aromatic heterocycles. The first-order valence-corrected chi connectivity index (χ1v) is 9.42. The van der Waals surface area contributed by atoms with E-state index in [4.69, 9.17) is 10.1 Å². The molecule has 1 aromatic carbocycles. The maximum absolute atomic E-state index is 4.76. The maximum atomic E-state index is 4.76. The third kappa shape index (κ3) is 5.60. The molecule has 0 saturated carbocycles. The summed E-state index contributed by atoms with van der Waals surface area (Å²) in [4.78, 5) is 4.76. The smallest absolute Gasteiger partial charge is 0.191 e. The van der Waals surface area contributed by atoms with Gasteiger partial charge >= 0.3 is 0 Å². The second-order valence-electron chi connectivity index (χ2n) is 6.44. The molecule has 150 valence electrons. The monoisotopic (exact) mass is 492 g/mol. The van der Waals surface area contributed by atoms with Crippen molar-refractivity contribution in [2.24, 2.45) is 4.99 Å². The predicted octanol–water partition coefficient (Wildman–Crippen LogP) is 3.66. The lowest BCUT2D eigenvalue weighted by molar-refractivity contribution is 0.665. The third-order valence-electron chi connectivity index (χ3n) is 4.51. The zero-order valence-corrected chi connectivity index (χ0v) is 19.1. The van der Waals surface area contributed by atoms with Gasteiger partial charge in [-0.05, 0) is 45.0 Å². The highest BCUT2D eigenvalue weighted by Crippen LogP contribution is 2.18. The molecule has 0 aliphatic heterocycles. The highest BCUT2D eigenvalue weighted by Gasteiger charge is 2.12. The van der Waals surface area contributed by atoms with Crippen LogP contribution in [0.5, 0.6) is 0 Å². The van der Waals surface area contributed by atoms with Crippen LogP contribution in [0.2, 0.25) is 0 Å². The lowest BCUT2D eigenvalue weighted by atomic mass is 10.2. The van der Waals surface area contributed by atoms with E-state index in [1.807, 2.05) is 41.9 Å². The highest BCUT2D eigenvalue weighted by molar-refractivity contribution is 14.0. The van der Waals surface area contributed by atoms with Gasteiger partial charge in [0.05, 0.1) is 17.9 Å². The summed E-state index contributed by atoms with van der Waals surface area (Å²) in [6.45, 7) is 9.38. The van der Waals surface area contributed by atoms with E-state index in [-0.39, 0.29) is 24.0 Å². The van der Waals surface area contributed by atoms with Crippen molar-refractivity contribution in [1.82, 2.24) is 25.0 Å². The van der Waals surface area contributed by atoms with Crippen LogP contribution in [-0.2, 0) is 13.1 Å². The second kappa shape index (κ2) is 10.9. The molecular formula is C21H29IN6. The number of aromatic nitrogens is 3. The van der Waals surface area contributed by atoms with E-state index in [0.29, 0.717) is 6.54 Å². The Kier molecular flexibility index (Phi) is 8.56. The van der Waals surface area contributed by atoms with E-state index in [2.05, 4.69) is 53.6 Å². The summed E-state index contributed by atoms with van der Waals surface area (Å²) in [6, 6.07) is 14.3. The van der Waals surface area contributed by atoms with Crippen molar-refractivity contribution < 1.29 is 0 Å².